The quantitative estimate of drug-likeness (QED) is 0.468. The smallest absolute Gasteiger partial charge is 0.338 e. The molecule has 0 unspecified atom stereocenters. The summed E-state index contributed by atoms with van der Waals surface area (Å²) >= 11 is 0. The van der Waals surface area contributed by atoms with E-state index < -0.39 is 28.5 Å². The lowest BCUT2D eigenvalue weighted by atomic mass is 10.2. The zero-order chi connectivity index (χ0) is 21.3. The van der Waals surface area contributed by atoms with Crippen molar-refractivity contribution in [2.24, 2.45) is 0 Å². The summed E-state index contributed by atoms with van der Waals surface area (Å²) in [5, 5.41) is 11.0. The van der Waals surface area contributed by atoms with Gasteiger partial charge in [-0.3, -0.25) is 4.79 Å². The van der Waals surface area contributed by atoms with Crippen LogP contribution in [-0.2, 0) is 19.6 Å². The van der Waals surface area contributed by atoms with Gasteiger partial charge in [-0.1, -0.05) is 12.1 Å². The lowest BCUT2D eigenvalue weighted by Gasteiger charge is -2.10. The molecule has 2 aromatic rings. The van der Waals surface area contributed by atoms with E-state index in [0.29, 0.717) is 11.4 Å². The van der Waals surface area contributed by atoms with Crippen molar-refractivity contribution in [1.29, 1.82) is 5.26 Å². The average molecular weight is 417 g/mol. The van der Waals surface area contributed by atoms with E-state index >= 15 is 0 Å². The first-order valence-corrected chi connectivity index (χ1v) is 9.92. The van der Waals surface area contributed by atoms with Gasteiger partial charge in [0.05, 0.1) is 29.3 Å². The minimum Gasteiger partial charge on any atom is -0.495 e. The monoisotopic (exact) mass is 417 g/mol. The third kappa shape index (κ3) is 6.31. The third-order valence-corrected chi connectivity index (χ3v) is 5.12. The Bertz CT molecular complexity index is 1010. The van der Waals surface area contributed by atoms with E-state index in [1.54, 1.807) is 24.3 Å². The van der Waals surface area contributed by atoms with E-state index in [-0.39, 0.29) is 23.4 Å². The molecule has 0 saturated heterocycles. The van der Waals surface area contributed by atoms with Crippen molar-refractivity contribution >= 4 is 27.6 Å². The number of amides is 1. The molecule has 0 saturated carbocycles. The predicted octanol–water partition coefficient (Wildman–Crippen LogP) is 1.68. The van der Waals surface area contributed by atoms with Crippen LogP contribution in [0, 0.1) is 11.3 Å². The fraction of sp³-hybridized carbons (Fsp3) is 0.211. The molecule has 2 aromatic carbocycles. The normalized spacial score (nSPS) is 10.6. The number of hydrogen-bond acceptors (Lipinski definition) is 7. The number of nitrogens with one attached hydrogen (secondary N) is 2. The van der Waals surface area contributed by atoms with Gasteiger partial charge in [-0.15, -0.1) is 0 Å². The van der Waals surface area contributed by atoms with Crippen LogP contribution in [-0.4, -0.2) is 40.6 Å². The number of benzene rings is 2. The largest absolute Gasteiger partial charge is 0.495 e. The average Bonchev–Trinajstić information content (AvgIpc) is 2.72. The summed E-state index contributed by atoms with van der Waals surface area (Å²) in [5.74, 6) is -0.863. The van der Waals surface area contributed by atoms with E-state index in [4.69, 9.17) is 14.7 Å². The van der Waals surface area contributed by atoms with Crippen molar-refractivity contribution in [3.05, 3.63) is 54.1 Å². The van der Waals surface area contributed by atoms with Crippen LogP contribution in [0.4, 0.5) is 5.69 Å². The van der Waals surface area contributed by atoms with Crippen LogP contribution >= 0.6 is 0 Å². The number of para-hydroxylation sites is 2. The van der Waals surface area contributed by atoms with Gasteiger partial charge in [-0.05, 0) is 36.4 Å². The number of ether oxygens (including phenoxy) is 2. The number of esters is 1. The maximum atomic E-state index is 12.1. The van der Waals surface area contributed by atoms with Gasteiger partial charge in [0.2, 0.25) is 10.0 Å². The Morgan fingerprint density at radius 2 is 1.79 bits per heavy atom. The molecule has 2 rings (SSSR count). The molecule has 0 bridgehead atoms. The molecule has 0 spiro atoms. The van der Waals surface area contributed by atoms with E-state index in [1.165, 1.54) is 31.4 Å². The standard InChI is InChI=1S/C19H19N3O6S/c1-27-17-6-3-2-5-16(17)22-18(23)13-28-19(24)14-7-9-15(10-8-14)29(25,26)21-12-4-11-20/h2-3,5-10,21H,4,12-13H2,1H3,(H,22,23). The van der Waals surface area contributed by atoms with Crippen LogP contribution < -0.4 is 14.8 Å². The second kappa shape index (κ2) is 10.2. The summed E-state index contributed by atoms with van der Waals surface area (Å²) in [7, 11) is -2.30. The van der Waals surface area contributed by atoms with Crippen molar-refractivity contribution in [2.45, 2.75) is 11.3 Å². The van der Waals surface area contributed by atoms with Crippen molar-refractivity contribution in [3.63, 3.8) is 0 Å². The molecule has 29 heavy (non-hydrogen) atoms. The van der Waals surface area contributed by atoms with Gasteiger partial charge in [0.15, 0.2) is 6.61 Å². The molecule has 0 aliphatic rings. The Morgan fingerprint density at radius 3 is 2.45 bits per heavy atom. The topological polar surface area (TPSA) is 135 Å². The van der Waals surface area contributed by atoms with Crippen molar-refractivity contribution in [1.82, 2.24) is 4.72 Å². The number of rotatable bonds is 9. The van der Waals surface area contributed by atoms with Gasteiger partial charge < -0.3 is 14.8 Å². The van der Waals surface area contributed by atoms with Crippen molar-refractivity contribution in [2.75, 3.05) is 25.6 Å². The Morgan fingerprint density at radius 1 is 1.10 bits per heavy atom. The van der Waals surface area contributed by atoms with Crippen LogP contribution in [0.3, 0.4) is 0 Å². The highest BCUT2D eigenvalue weighted by Gasteiger charge is 2.16. The summed E-state index contributed by atoms with van der Waals surface area (Å²) in [6, 6.07) is 13.6. The van der Waals surface area contributed by atoms with Crippen LogP contribution in [0.15, 0.2) is 53.4 Å². The molecule has 152 valence electrons. The summed E-state index contributed by atoms with van der Waals surface area (Å²) in [6.07, 6.45) is 0.0422. The minimum atomic E-state index is -3.77. The molecule has 1 amide bonds. The molecule has 0 aliphatic carbocycles. The molecule has 0 atom stereocenters. The molecule has 0 fully saturated rings. The minimum absolute atomic E-state index is 0.00998. The molecule has 0 aliphatic heterocycles. The summed E-state index contributed by atoms with van der Waals surface area (Å²) in [4.78, 5) is 24.0. The maximum Gasteiger partial charge on any atom is 0.338 e. The molecule has 10 heteroatoms. The second-order valence-electron chi connectivity index (χ2n) is 5.65. The van der Waals surface area contributed by atoms with Crippen molar-refractivity contribution in [3.8, 4) is 11.8 Å². The molecular weight excluding hydrogens is 398 g/mol. The molecule has 0 radical (unpaired) electrons. The highest BCUT2D eigenvalue weighted by atomic mass is 32.2. The second-order valence-corrected chi connectivity index (χ2v) is 7.42. The number of hydrogen-bond donors (Lipinski definition) is 2. The van der Waals surface area contributed by atoms with Gasteiger partial charge in [0, 0.05) is 13.0 Å². The van der Waals surface area contributed by atoms with Crippen molar-refractivity contribution < 1.29 is 27.5 Å². The Kier molecular flexibility index (Phi) is 7.70. The third-order valence-electron chi connectivity index (χ3n) is 3.64. The summed E-state index contributed by atoms with van der Waals surface area (Å²) in [6.45, 7) is -0.531. The van der Waals surface area contributed by atoms with Gasteiger partial charge in [-0.25, -0.2) is 17.9 Å². The number of methoxy groups -OCH3 is 1. The Balaban J connectivity index is 1.92. The maximum absolute atomic E-state index is 12.1. The Hall–Kier alpha value is -3.42. The highest BCUT2D eigenvalue weighted by molar-refractivity contribution is 7.89. The SMILES string of the molecule is COc1ccccc1NC(=O)COC(=O)c1ccc(S(=O)(=O)NCCC#N)cc1. The number of sulfonamides is 1. The molecule has 2 N–H and O–H groups in total. The summed E-state index contributed by atoms with van der Waals surface area (Å²) < 4.78 is 36.4. The Labute approximate surface area is 168 Å². The molecular formula is C19H19N3O6S. The van der Waals surface area contributed by atoms with E-state index in [1.807, 2.05) is 6.07 Å². The van der Waals surface area contributed by atoms with Crippen LogP contribution in [0.1, 0.15) is 16.8 Å². The fourth-order valence-corrected chi connectivity index (χ4v) is 3.28. The number of carbonyl (C=O) groups is 2. The van der Waals surface area contributed by atoms with Crippen LogP contribution in [0.25, 0.3) is 0 Å². The lowest BCUT2D eigenvalue weighted by Crippen LogP contribution is -2.24. The first-order valence-electron chi connectivity index (χ1n) is 8.44. The number of nitrogens with zero attached hydrogens (tertiary/aromatic N) is 1. The van der Waals surface area contributed by atoms with Gasteiger partial charge in [0.1, 0.15) is 5.75 Å². The van der Waals surface area contributed by atoms with Crippen LogP contribution in [0.5, 0.6) is 5.75 Å². The fourth-order valence-electron chi connectivity index (χ4n) is 2.24. The molecule has 9 nitrogen and oxygen atoms in total. The van der Waals surface area contributed by atoms with Gasteiger partial charge >= 0.3 is 5.97 Å². The number of anilines is 1. The predicted molar refractivity (Wildman–Crippen MR) is 104 cm³/mol. The van der Waals surface area contributed by atoms with E-state index in [2.05, 4.69) is 10.0 Å². The van der Waals surface area contributed by atoms with E-state index in [0.717, 1.165) is 0 Å². The molecule has 0 aromatic heterocycles. The first kappa shape index (κ1) is 21.9. The zero-order valence-electron chi connectivity index (χ0n) is 15.5. The summed E-state index contributed by atoms with van der Waals surface area (Å²) in [5.41, 5.74) is 0.528. The van der Waals surface area contributed by atoms with Gasteiger partial charge in [0.25, 0.3) is 5.91 Å². The number of carbonyl (C=O) groups excluding carboxylic acids is 2. The highest BCUT2D eigenvalue weighted by Crippen LogP contribution is 2.22. The van der Waals surface area contributed by atoms with E-state index in [9.17, 15) is 18.0 Å². The molecule has 0 heterocycles. The van der Waals surface area contributed by atoms with Gasteiger partial charge in [-0.2, -0.15) is 5.26 Å². The lowest BCUT2D eigenvalue weighted by molar-refractivity contribution is -0.119. The van der Waals surface area contributed by atoms with Crippen LogP contribution in [0.2, 0.25) is 0 Å². The first-order chi connectivity index (χ1) is 13.9. The number of nitriles is 1. The zero-order valence-corrected chi connectivity index (χ0v) is 16.4.